The molecule has 0 aromatic carbocycles. The monoisotopic (exact) mass is 399 g/mol. The van der Waals surface area contributed by atoms with Crippen molar-refractivity contribution in [3.63, 3.8) is 0 Å². The molecule has 0 saturated carbocycles. The van der Waals surface area contributed by atoms with Crippen molar-refractivity contribution in [1.29, 1.82) is 0 Å². The topological polar surface area (TPSA) is 97.4 Å². The number of nitrogens with one attached hydrogen (secondary N) is 1. The van der Waals surface area contributed by atoms with E-state index in [-0.39, 0.29) is 24.9 Å². The van der Waals surface area contributed by atoms with Crippen molar-refractivity contribution in [3.8, 4) is 0 Å². The Kier molecular flexibility index (Phi) is 4.99. The van der Waals surface area contributed by atoms with Crippen molar-refractivity contribution in [1.82, 2.24) is 24.4 Å². The highest BCUT2D eigenvalue weighted by atomic mass is 19.1. The quantitative estimate of drug-likeness (QED) is 0.700. The number of fused-ring (bicyclic) bond motifs is 1. The summed E-state index contributed by atoms with van der Waals surface area (Å²) < 4.78 is 16.4. The third kappa shape index (κ3) is 3.96. The van der Waals surface area contributed by atoms with Gasteiger partial charge in [-0.2, -0.15) is 5.10 Å². The molecule has 1 saturated heterocycles. The normalized spacial score (nSPS) is 16.7. The van der Waals surface area contributed by atoms with E-state index in [1.807, 2.05) is 18.7 Å². The first kappa shape index (κ1) is 19.0. The molecule has 1 amide bonds. The summed E-state index contributed by atoms with van der Waals surface area (Å²) in [6.07, 6.45) is 2.77. The van der Waals surface area contributed by atoms with Crippen molar-refractivity contribution in [2.24, 2.45) is 0 Å². The van der Waals surface area contributed by atoms with Gasteiger partial charge in [-0.25, -0.2) is 9.07 Å². The van der Waals surface area contributed by atoms with Gasteiger partial charge in [0.25, 0.3) is 5.56 Å². The second kappa shape index (κ2) is 7.61. The molecule has 1 atom stereocenters. The van der Waals surface area contributed by atoms with Gasteiger partial charge in [0.05, 0.1) is 17.1 Å². The number of nitrogens with zero attached hydrogens (tertiary/aromatic N) is 6. The number of pyridine rings is 1. The van der Waals surface area contributed by atoms with E-state index < -0.39 is 11.7 Å². The summed E-state index contributed by atoms with van der Waals surface area (Å²) in [5.74, 6) is -0.353. The Hall–Kier alpha value is -3.30. The lowest BCUT2D eigenvalue weighted by atomic mass is 10.1. The Morgan fingerprint density at radius 1 is 1.38 bits per heavy atom. The molecular weight excluding hydrogens is 377 g/mol. The minimum atomic E-state index is -0.897. The lowest BCUT2D eigenvalue weighted by Gasteiger charge is -2.22. The molecule has 3 aromatic heterocycles. The third-order valence-electron chi connectivity index (χ3n) is 4.89. The fourth-order valence-corrected chi connectivity index (χ4v) is 3.45. The zero-order valence-corrected chi connectivity index (χ0v) is 16.2. The summed E-state index contributed by atoms with van der Waals surface area (Å²) in [4.78, 5) is 26.9. The number of rotatable bonds is 5. The lowest BCUT2D eigenvalue weighted by Crippen LogP contribution is -2.33. The summed E-state index contributed by atoms with van der Waals surface area (Å²) in [7, 11) is 0. The van der Waals surface area contributed by atoms with E-state index in [0.717, 1.165) is 4.68 Å². The highest BCUT2D eigenvalue weighted by Gasteiger charge is 2.26. The maximum absolute atomic E-state index is 13.6. The fraction of sp³-hybridized carbons (Fsp3) is 0.421. The van der Waals surface area contributed by atoms with E-state index in [4.69, 9.17) is 0 Å². The molecule has 0 spiro atoms. The minimum absolute atomic E-state index is 0.0229. The number of carbonyl (C=O) groups is 1. The largest absolute Gasteiger partial charge is 0.367 e. The molecule has 9 nitrogen and oxygen atoms in total. The van der Waals surface area contributed by atoms with Gasteiger partial charge >= 0.3 is 0 Å². The molecule has 152 valence electrons. The number of hydrogen-bond donors (Lipinski definition) is 1. The van der Waals surface area contributed by atoms with Crippen molar-refractivity contribution in [2.75, 3.05) is 23.3 Å². The van der Waals surface area contributed by atoms with Crippen LogP contribution in [0.1, 0.15) is 31.9 Å². The average molecular weight is 399 g/mol. The number of amides is 1. The minimum Gasteiger partial charge on any atom is -0.367 e. The first-order valence-corrected chi connectivity index (χ1v) is 9.51. The molecule has 4 rings (SSSR count). The molecule has 0 aliphatic carbocycles. The van der Waals surface area contributed by atoms with Gasteiger partial charge < -0.3 is 10.2 Å². The number of carbonyl (C=O) groups excluding carboxylic acids is 1. The SMILES string of the molecule is CC(C)c1nn(CC(=O)Nc2ccc3nncn3c2)c(=O)cc1N1CC[C@@H](F)C1. The molecule has 10 heteroatoms. The van der Waals surface area contributed by atoms with E-state index in [2.05, 4.69) is 20.6 Å². The summed E-state index contributed by atoms with van der Waals surface area (Å²) in [6.45, 7) is 4.51. The van der Waals surface area contributed by atoms with Gasteiger partial charge in [0, 0.05) is 25.4 Å². The molecule has 1 aliphatic heterocycles. The summed E-state index contributed by atoms with van der Waals surface area (Å²) in [5, 5.41) is 14.9. The van der Waals surface area contributed by atoms with E-state index in [9.17, 15) is 14.0 Å². The number of alkyl halides is 1. The summed E-state index contributed by atoms with van der Waals surface area (Å²) >= 11 is 0. The van der Waals surface area contributed by atoms with Crippen LogP contribution in [-0.2, 0) is 11.3 Å². The van der Waals surface area contributed by atoms with Gasteiger partial charge in [-0.1, -0.05) is 13.8 Å². The Morgan fingerprint density at radius 3 is 2.93 bits per heavy atom. The molecule has 0 radical (unpaired) electrons. The van der Waals surface area contributed by atoms with Crippen LogP contribution in [0.3, 0.4) is 0 Å². The zero-order chi connectivity index (χ0) is 20.5. The molecule has 29 heavy (non-hydrogen) atoms. The van der Waals surface area contributed by atoms with E-state index >= 15 is 0 Å². The molecule has 0 unspecified atom stereocenters. The lowest BCUT2D eigenvalue weighted by molar-refractivity contribution is -0.117. The highest BCUT2D eigenvalue weighted by Crippen LogP contribution is 2.27. The first-order valence-electron chi connectivity index (χ1n) is 9.51. The van der Waals surface area contributed by atoms with Crippen molar-refractivity contribution in [3.05, 3.63) is 46.8 Å². The van der Waals surface area contributed by atoms with E-state index in [1.54, 1.807) is 22.7 Å². The van der Waals surface area contributed by atoms with Crippen LogP contribution in [0.2, 0.25) is 0 Å². The molecule has 4 heterocycles. The Balaban J connectivity index is 1.55. The van der Waals surface area contributed by atoms with Gasteiger partial charge in [0.15, 0.2) is 5.65 Å². The summed E-state index contributed by atoms with van der Waals surface area (Å²) in [5.41, 5.74) is 2.16. The van der Waals surface area contributed by atoms with Crippen LogP contribution < -0.4 is 15.8 Å². The Morgan fingerprint density at radius 2 is 2.21 bits per heavy atom. The first-order chi connectivity index (χ1) is 13.9. The van der Waals surface area contributed by atoms with Crippen LogP contribution in [0, 0.1) is 0 Å². The number of halogens is 1. The van der Waals surface area contributed by atoms with Crippen LogP contribution in [-0.4, -0.2) is 49.5 Å². The zero-order valence-electron chi connectivity index (χ0n) is 16.2. The van der Waals surface area contributed by atoms with Crippen molar-refractivity contribution in [2.45, 2.75) is 38.9 Å². The fourth-order valence-electron chi connectivity index (χ4n) is 3.45. The predicted molar refractivity (Wildman–Crippen MR) is 106 cm³/mol. The van der Waals surface area contributed by atoms with E-state index in [0.29, 0.717) is 35.7 Å². The van der Waals surface area contributed by atoms with Crippen LogP contribution in [0.5, 0.6) is 0 Å². The van der Waals surface area contributed by atoms with Crippen LogP contribution in [0.25, 0.3) is 5.65 Å². The van der Waals surface area contributed by atoms with Gasteiger partial charge in [-0.05, 0) is 24.5 Å². The molecular formula is C19H22FN7O2. The van der Waals surface area contributed by atoms with Gasteiger partial charge in [-0.15, -0.1) is 10.2 Å². The Bertz CT molecular complexity index is 1110. The number of anilines is 2. The molecule has 1 aliphatic rings. The molecule has 1 fully saturated rings. The smallest absolute Gasteiger partial charge is 0.269 e. The molecule has 3 aromatic rings. The van der Waals surface area contributed by atoms with Gasteiger partial charge in [-0.3, -0.25) is 14.0 Å². The second-order valence-electron chi connectivity index (χ2n) is 7.46. The summed E-state index contributed by atoms with van der Waals surface area (Å²) in [6, 6.07) is 4.89. The van der Waals surface area contributed by atoms with Crippen LogP contribution in [0.15, 0.2) is 35.5 Å². The molecule has 0 bridgehead atoms. The number of aromatic nitrogens is 5. The average Bonchev–Trinajstić information content (AvgIpc) is 3.31. The Labute approximate surface area is 166 Å². The number of hydrogen-bond acceptors (Lipinski definition) is 6. The van der Waals surface area contributed by atoms with Crippen molar-refractivity contribution < 1.29 is 9.18 Å². The van der Waals surface area contributed by atoms with Gasteiger partial charge in [0.1, 0.15) is 19.0 Å². The highest BCUT2D eigenvalue weighted by molar-refractivity contribution is 5.90. The standard InChI is InChI=1S/C19H22FN7O2/c1-12(2)19-15(25-6-5-13(20)8-25)7-18(29)27(24-19)10-17(28)22-14-3-4-16-23-21-11-26(16)9-14/h3-4,7,9,11-13H,5-6,8,10H2,1-2H3,(H,22,28)/t13-/m1/s1. The van der Waals surface area contributed by atoms with E-state index in [1.165, 1.54) is 12.4 Å². The maximum Gasteiger partial charge on any atom is 0.269 e. The second-order valence-corrected chi connectivity index (χ2v) is 7.46. The maximum atomic E-state index is 13.6. The van der Waals surface area contributed by atoms with Crippen LogP contribution in [0.4, 0.5) is 15.8 Å². The third-order valence-corrected chi connectivity index (χ3v) is 4.89. The van der Waals surface area contributed by atoms with Crippen molar-refractivity contribution >= 4 is 22.9 Å². The predicted octanol–water partition coefficient (Wildman–Crippen LogP) is 1.60. The molecule has 1 N–H and O–H groups in total. The van der Waals surface area contributed by atoms with Crippen LogP contribution >= 0.6 is 0 Å². The van der Waals surface area contributed by atoms with Gasteiger partial charge in [0.2, 0.25) is 5.91 Å².